The van der Waals surface area contributed by atoms with Gasteiger partial charge in [-0.3, -0.25) is 4.79 Å². The summed E-state index contributed by atoms with van der Waals surface area (Å²) in [5, 5.41) is 0. The normalized spacial score (nSPS) is 18.8. The van der Waals surface area contributed by atoms with Gasteiger partial charge in [-0.15, -0.1) is 0 Å². The van der Waals surface area contributed by atoms with E-state index in [1.54, 1.807) is 25.1 Å². The van der Waals surface area contributed by atoms with E-state index in [2.05, 4.69) is 0 Å². The fraction of sp³-hybridized carbons (Fsp3) is 0.529. The van der Waals surface area contributed by atoms with Gasteiger partial charge < -0.3 is 9.64 Å². The molecule has 130 valence electrons. The number of amides is 1. The van der Waals surface area contributed by atoms with Crippen molar-refractivity contribution in [3.63, 3.8) is 0 Å². The van der Waals surface area contributed by atoms with Gasteiger partial charge in [0, 0.05) is 18.5 Å². The minimum atomic E-state index is -4.89. The highest BCUT2D eigenvalue weighted by molar-refractivity contribution is 5.90. The number of esters is 1. The smallest absolute Gasteiger partial charge is 0.462 e. The Morgan fingerprint density at radius 3 is 2.54 bits per heavy atom. The summed E-state index contributed by atoms with van der Waals surface area (Å²) < 4.78 is 43.4. The number of carbonyl (C=O) groups excluding carboxylic acids is 2. The second kappa shape index (κ2) is 5.79. The van der Waals surface area contributed by atoms with E-state index < -0.39 is 23.5 Å². The summed E-state index contributed by atoms with van der Waals surface area (Å²) in [6.07, 6.45) is -2.46. The van der Waals surface area contributed by atoms with Gasteiger partial charge in [0.2, 0.25) is 0 Å². The lowest BCUT2D eigenvalue weighted by Crippen LogP contribution is -2.54. The molecule has 2 aliphatic rings. The zero-order chi connectivity index (χ0) is 17.5. The predicted octanol–water partition coefficient (Wildman–Crippen LogP) is 3.19. The third-order valence-corrected chi connectivity index (χ3v) is 4.88. The molecule has 1 fully saturated rings. The molecule has 1 aliphatic carbocycles. The Balaban J connectivity index is 1.96. The largest absolute Gasteiger partial charge is 0.471 e. The first-order valence-corrected chi connectivity index (χ1v) is 7.93. The molecular formula is C17H18F3NO3. The van der Waals surface area contributed by atoms with Gasteiger partial charge in [-0.2, -0.15) is 13.2 Å². The van der Waals surface area contributed by atoms with Crippen LogP contribution in [-0.4, -0.2) is 36.1 Å². The van der Waals surface area contributed by atoms with Crippen LogP contribution in [0.1, 0.15) is 47.7 Å². The first kappa shape index (κ1) is 16.8. The molecular weight excluding hydrogens is 323 g/mol. The van der Waals surface area contributed by atoms with Crippen LogP contribution in [0, 0.1) is 0 Å². The van der Waals surface area contributed by atoms with E-state index in [4.69, 9.17) is 4.74 Å². The summed E-state index contributed by atoms with van der Waals surface area (Å²) >= 11 is 0. The number of ether oxygens (including phenoxy) is 1. The van der Waals surface area contributed by atoms with Gasteiger partial charge in [0.05, 0.1) is 12.2 Å². The van der Waals surface area contributed by atoms with Gasteiger partial charge in [-0.1, -0.05) is 12.5 Å². The van der Waals surface area contributed by atoms with Crippen molar-refractivity contribution in [2.75, 3.05) is 13.2 Å². The third-order valence-electron chi connectivity index (χ3n) is 4.88. The number of halogens is 3. The zero-order valence-electron chi connectivity index (χ0n) is 13.3. The number of rotatable bonds is 2. The van der Waals surface area contributed by atoms with Crippen LogP contribution in [0.25, 0.3) is 0 Å². The summed E-state index contributed by atoms with van der Waals surface area (Å²) in [6.45, 7) is 1.85. The lowest BCUT2D eigenvalue weighted by atomic mass is 9.61. The molecule has 1 saturated carbocycles. The summed E-state index contributed by atoms with van der Waals surface area (Å²) in [4.78, 5) is 24.4. The maximum atomic E-state index is 12.8. The number of carbonyl (C=O) groups is 2. The quantitative estimate of drug-likeness (QED) is 0.776. The van der Waals surface area contributed by atoms with Crippen molar-refractivity contribution in [3.05, 3.63) is 34.9 Å². The topological polar surface area (TPSA) is 46.6 Å². The molecule has 1 amide bonds. The molecule has 0 aromatic heterocycles. The maximum Gasteiger partial charge on any atom is 0.471 e. The Kier molecular flexibility index (Phi) is 4.05. The first-order valence-electron chi connectivity index (χ1n) is 7.93. The predicted molar refractivity (Wildman–Crippen MR) is 79.4 cm³/mol. The van der Waals surface area contributed by atoms with Crippen molar-refractivity contribution in [1.29, 1.82) is 0 Å². The minimum absolute atomic E-state index is 0.0805. The van der Waals surface area contributed by atoms with Crippen molar-refractivity contribution in [1.82, 2.24) is 4.90 Å². The number of alkyl halides is 3. The summed E-state index contributed by atoms with van der Waals surface area (Å²) in [5.41, 5.74) is 1.44. The molecule has 0 saturated heterocycles. The van der Waals surface area contributed by atoms with Crippen molar-refractivity contribution < 1.29 is 27.5 Å². The van der Waals surface area contributed by atoms with E-state index in [0.717, 1.165) is 29.7 Å². The highest BCUT2D eigenvalue weighted by atomic mass is 19.4. The summed E-state index contributed by atoms with van der Waals surface area (Å²) in [5.74, 6) is -2.33. The van der Waals surface area contributed by atoms with Crippen molar-refractivity contribution in [2.45, 2.75) is 44.3 Å². The Morgan fingerprint density at radius 1 is 1.29 bits per heavy atom. The average Bonchev–Trinajstić information content (AvgIpc) is 2.50. The molecule has 0 unspecified atom stereocenters. The number of fused-ring (bicyclic) bond motifs is 2. The third kappa shape index (κ3) is 2.76. The lowest BCUT2D eigenvalue weighted by molar-refractivity contribution is -0.188. The van der Waals surface area contributed by atoms with Gasteiger partial charge in [-0.05, 0) is 43.0 Å². The Hall–Kier alpha value is -2.05. The zero-order valence-corrected chi connectivity index (χ0v) is 13.3. The number of nitrogens with zero attached hydrogens (tertiary/aromatic N) is 1. The highest BCUT2D eigenvalue weighted by Crippen LogP contribution is 2.48. The van der Waals surface area contributed by atoms with Gasteiger partial charge in [-0.25, -0.2) is 4.79 Å². The SMILES string of the molecule is CCOC(=O)c1ccc2c(c1)CN(C(=O)C(F)(F)F)CC21CCC1. The monoisotopic (exact) mass is 341 g/mol. The molecule has 1 aromatic carbocycles. The maximum absolute atomic E-state index is 12.8. The fourth-order valence-corrected chi connectivity index (χ4v) is 3.65. The van der Waals surface area contributed by atoms with Gasteiger partial charge >= 0.3 is 18.1 Å². The molecule has 7 heteroatoms. The molecule has 1 heterocycles. The molecule has 24 heavy (non-hydrogen) atoms. The lowest BCUT2D eigenvalue weighted by Gasteiger charge is -2.50. The van der Waals surface area contributed by atoms with Crippen LogP contribution in [0.15, 0.2) is 18.2 Å². The van der Waals surface area contributed by atoms with Crippen LogP contribution < -0.4 is 0 Å². The molecule has 0 bridgehead atoms. The molecule has 1 aliphatic heterocycles. The molecule has 0 radical (unpaired) electrons. The van der Waals surface area contributed by atoms with Crippen LogP contribution in [0.5, 0.6) is 0 Å². The van der Waals surface area contributed by atoms with E-state index in [1.165, 1.54) is 0 Å². The molecule has 1 aromatic rings. The summed E-state index contributed by atoms with van der Waals surface area (Å²) in [7, 11) is 0. The standard InChI is InChI=1S/C17H18F3NO3/c1-2-24-14(22)11-4-5-13-12(8-11)9-21(15(23)17(18,19)20)10-16(13)6-3-7-16/h4-5,8H,2-3,6-7,9-10H2,1H3. The van der Waals surface area contributed by atoms with Crippen LogP contribution in [0.2, 0.25) is 0 Å². The fourth-order valence-electron chi connectivity index (χ4n) is 3.65. The summed E-state index contributed by atoms with van der Waals surface area (Å²) in [6, 6.07) is 5.01. The average molecular weight is 341 g/mol. The Bertz CT molecular complexity index is 680. The highest BCUT2D eigenvalue weighted by Gasteiger charge is 2.50. The van der Waals surface area contributed by atoms with Crippen molar-refractivity contribution in [3.8, 4) is 0 Å². The molecule has 1 spiro atoms. The molecule has 3 rings (SSSR count). The van der Waals surface area contributed by atoms with E-state index in [-0.39, 0.29) is 19.7 Å². The van der Waals surface area contributed by atoms with Gasteiger partial charge in [0.15, 0.2) is 0 Å². The van der Waals surface area contributed by atoms with Crippen molar-refractivity contribution >= 4 is 11.9 Å². The molecule has 0 atom stereocenters. The number of hydrogen-bond donors (Lipinski definition) is 0. The van der Waals surface area contributed by atoms with Crippen LogP contribution in [0.4, 0.5) is 13.2 Å². The van der Waals surface area contributed by atoms with Crippen LogP contribution >= 0.6 is 0 Å². The van der Waals surface area contributed by atoms with Gasteiger partial charge in [0.1, 0.15) is 0 Å². The van der Waals surface area contributed by atoms with Crippen LogP contribution in [0.3, 0.4) is 0 Å². The van der Waals surface area contributed by atoms with Crippen LogP contribution in [-0.2, 0) is 21.5 Å². The molecule has 4 nitrogen and oxygen atoms in total. The van der Waals surface area contributed by atoms with E-state index in [0.29, 0.717) is 11.1 Å². The molecule has 0 N–H and O–H groups in total. The van der Waals surface area contributed by atoms with E-state index >= 15 is 0 Å². The van der Waals surface area contributed by atoms with E-state index in [9.17, 15) is 22.8 Å². The number of hydrogen-bond acceptors (Lipinski definition) is 3. The Labute approximate surface area is 137 Å². The number of benzene rings is 1. The minimum Gasteiger partial charge on any atom is -0.462 e. The Morgan fingerprint density at radius 2 is 2.00 bits per heavy atom. The van der Waals surface area contributed by atoms with Gasteiger partial charge in [0.25, 0.3) is 0 Å². The van der Waals surface area contributed by atoms with E-state index in [1.807, 2.05) is 0 Å². The second-order valence-electron chi connectivity index (χ2n) is 6.39. The first-order chi connectivity index (χ1) is 11.3. The van der Waals surface area contributed by atoms with Crippen molar-refractivity contribution in [2.24, 2.45) is 0 Å². The second-order valence-corrected chi connectivity index (χ2v) is 6.39.